The quantitative estimate of drug-likeness (QED) is 0.844. The summed E-state index contributed by atoms with van der Waals surface area (Å²) in [6.45, 7) is 3.33. The third-order valence-electron chi connectivity index (χ3n) is 3.56. The molecular weight excluding hydrogens is 278 g/mol. The molecule has 0 aliphatic carbocycles. The van der Waals surface area contributed by atoms with Crippen LogP contribution in [0.1, 0.15) is 16.8 Å². The number of nitrogens with zero attached hydrogens (tertiary/aromatic N) is 2. The smallest absolute Gasteiger partial charge is 0.257 e. The minimum atomic E-state index is -0.0564. The Balaban J connectivity index is 2.26. The lowest BCUT2D eigenvalue weighted by molar-refractivity contribution is 0.0759. The predicted molar refractivity (Wildman–Crippen MR) is 80.4 cm³/mol. The summed E-state index contributed by atoms with van der Waals surface area (Å²) in [5.41, 5.74) is 6.62. The van der Waals surface area contributed by atoms with Crippen molar-refractivity contribution in [3.63, 3.8) is 0 Å². The van der Waals surface area contributed by atoms with Gasteiger partial charge >= 0.3 is 0 Å². The van der Waals surface area contributed by atoms with Crippen LogP contribution in [0.25, 0.3) is 0 Å². The van der Waals surface area contributed by atoms with Crippen LogP contribution in [-0.2, 0) is 0 Å². The van der Waals surface area contributed by atoms with Crippen molar-refractivity contribution in [2.24, 2.45) is 0 Å². The molecule has 1 aliphatic heterocycles. The molecule has 1 aromatic rings. The number of hydrogen-bond acceptors (Lipinski definition) is 4. The lowest BCUT2D eigenvalue weighted by atomic mass is 10.1. The van der Waals surface area contributed by atoms with E-state index in [-0.39, 0.29) is 5.91 Å². The molecule has 0 atom stereocenters. The Morgan fingerprint density at radius 1 is 1.30 bits per heavy atom. The summed E-state index contributed by atoms with van der Waals surface area (Å²) in [6.07, 6.45) is 0.966. The number of methoxy groups -OCH3 is 1. The fraction of sp³-hybridized carbons (Fsp3) is 0.500. The number of nitrogens with two attached hydrogens (primary N) is 1. The molecule has 0 unspecified atom stereocenters. The Bertz CT molecular complexity index is 507. The van der Waals surface area contributed by atoms with Crippen LogP contribution in [0.2, 0.25) is 5.02 Å². The molecule has 2 rings (SSSR count). The van der Waals surface area contributed by atoms with E-state index >= 15 is 0 Å². The van der Waals surface area contributed by atoms with Gasteiger partial charge in [-0.05, 0) is 26.1 Å². The second-order valence-electron chi connectivity index (χ2n) is 5.02. The third kappa shape index (κ3) is 3.16. The zero-order valence-corrected chi connectivity index (χ0v) is 12.6. The van der Waals surface area contributed by atoms with Crippen LogP contribution in [-0.4, -0.2) is 56.0 Å². The van der Waals surface area contributed by atoms with Crippen LogP contribution in [0.3, 0.4) is 0 Å². The first-order chi connectivity index (χ1) is 9.52. The first-order valence-electron chi connectivity index (χ1n) is 6.63. The van der Waals surface area contributed by atoms with E-state index in [0.29, 0.717) is 28.6 Å². The molecule has 2 N–H and O–H groups in total. The highest BCUT2D eigenvalue weighted by Crippen LogP contribution is 2.29. The molecule has 0 spiro atoms. The van der Waals surface area contributed by atoms with Crippen molar-refractivity contribution < 1.29 is 9.53 Å². The van der Waals surface area contributed by atoms with E-state index in [1.165, 1.54) is 7.11 Å². The number of ether oxygens (including phenoxy) is 1. The summed E-state index contributed by atoms with van der Waals surface area (Å²) < 4.78 is 5.25. The molecule has 0 saturated carbocycles. The number of benzene rings is 1. The molecule has 1 saturated heterocycles. The minimum Gasteiger partial charge on any atom is -0.496 e. The number of hydrogen-bond donors (Lipinski definition) is 1. The molecule has 1 aromatic carbocycles. The Morgan fingerprint density at radius 3 is 2.75 bits per heavy atom. The standard InChI is InChI=1S/C14H20ClN3O2/c1-17-4-3-5-18(7-6-17)14(19)10-8-11(15)12(16)9-13(10)20-2/h8-9H,3-7,16H2,1-2H3. The number of anilines is 1. The van der Waals surface area contributed by atoms with Crippen molar-refractivity contribution in [1.29, 1.82) is 0 Å². The van der Waals surface area contributed by atoms with Crippen molar-refractivity contribution >= 4 is 23.2 Å². The van der Waals surface area contributed by atoms with E-state index in [4.69, 9.17) is 22.1 Å². The van der Waals surface area contributed by atoms with Crippen molar-refractivity contribution in [2.45, 2.75) is 6.42 Å². The topological polar surface area (TPSA) is 58.8 Å². The number of likely N-dealkylation sites (N-methyl/N-ethyl adjacent to an activating group) is 1. The van der Waals surface area contributed by atoms with Crippen molar-refractivity contribution in [1.82, 2.24) is 9.80 Å². The SMILES string of the molecule is COc1cc(N)c(Cl)cc1C(=O)N1CCCN(C)CC1. The molecular formula is C14H20ClN3O2. The highest BCUT2D eigenvalue weighted by molar-refractivity contribution is 6.33. The number of carbonyl (C=O) groups is 1. The van der Waals surface area contributed by atoms with Crippen molar-refractivity contribution in [3.05, 3.63) is 22.7 Å². The van der Waals surface area contributed by atoms with Gasteiger partial charge in [-0.15, -0.1) is 0 Å². The molecule has 6 heteroatoms. The van der Waals surface area contributed by atoms with E-state index in [9.17, 15) is 4.79 Å². The van der Waals surface area contributed by atoms with Crippen LogP contribution in [0.15, 0.2) is 12.1 Å². The zero-order chi connectivity index (χ0) is 14.7. The molecule has 5 nitrogen and oxygen atoms in total. The predicted octanol–water partition coefficient (Wildman–Crippen LogP) is 1.71. The van der Waals surface area contributed by atoms with Crippen molar-refractivity contribution in [3.8, 4) is 5.75 Å². The molecule has 110 valence electrons. The Hall–Kier alpha value is -1.46. The summed E-state index contributed by atoms with van der Waals surface area (Å²) >= 11 is 6.02. The highest BCUT2D eigenvalue weighted by atomic mass is 35.5. The first-order valence-corrected chi connectivity index (χ1v) is 7.01. The minimum absolute atomic E-state index is 0.0564. The number of carbonyl (C=O) groups excluding carboxylic acids is 1. The number of rotatable bonds is 2. The van der Waals surface area contributed by atoms with Gasteiger partial charge in [0.05, 0.1) is 23.4 Å². The van der Waals surface area contributed by atoms with Gasteiger partial charge in [0.1, 0.15) is 5.75 Å². The second-order valence-corrected chi connectivity index (χ2v) is 5.43. The summed E-state index contributed by atoms with van der Waals surface area (Å²) in [7, 11) is 3.59. The molecule has 1 amide bonds. The largest absolute Gasteiger partial charge is 0.496 e. The Morgan fingerprint density at radius 2 is 2.05 bits per heavy atom. The van der Waals surface area contributed by atoms with E-state index in [1.54, 1.807) is 12.1 Å². The van der Waals surface area contributed by atoms with Gasteiger partial charge in [-0.1, -0.05) is 11.6 Å². The van der Waals surface area contributed by atoms with E-state index < -0.39 is 0 Å². The van der Waals surface area contributed by atoms with E-state index in [0.717, 1.165) is 26.1 Å². The average Bonchev–Trinajstić information content (AvgIpc) is 2.65. The summed E-state index contributed by atoms with van der Waals surface area (Å²) in [6, 6.07) is 3.19. The highest BCUT2D eigenvalue weighted by Gasteiger charge is 2.22. The van der Waals surface area contributed by atoms with Crippen LogP contribution in [0.4, 0.5) is 5.69 Å². The van der Waals surface area contributed by atoms with Crippen LogP contribution < -0.4 is 10.5 Å². The van der Waals surface area contributed by atoms with Crippen LogP contribution in [0, 0.1) is 0 Å². The fourth-order valence-electron chi connectivity index (χ4n) is 2.33. The normalized spacial score (nSPS) is 16.9. The summed E-state index contributed by atoms with van der Waals surface area (Å²) in [5.74, 6) is 0.411. The Kier molecular flexibility index (Phi) is 4.73. The molecule has 1 aliphatic rings. The lowest BCUT2D eigenvalue weighted by Gasteiger charge is -2.22. The third-order valence-corrected chi connectivity index (χ3v) is 3.88. The van der Waals surface area contributed by atoms with Gasteiger partial charge in [-0.3, -0.25) is 4.79 Å². The average molecular weight is 298 g/mol. The summed E-state index contributed by atoms with van der Waals surface area (Å²) in [5, 5.41) is 0.376. The molecule has 1 heterocycles. The maximum atomic E-state index is 12.6. The monoisotopic (exact) mass is 297 g/mol. The summed E-state index contributed by atoms with van der Waals surface area (Å²) in [4.78, 5) is 16.7. The maximum absolute atomic E-state index is 12.6. The molecule has 0 aromatic heterocycles. The van der Waals surface area contributed by atoms with E-state index in [2.05, 4.69) is 11.9 Å². The van der Waals surface area contributed by atoms with Gasteiger partial charge in [-0.25, -0.2) is 0 Å². The van der Waals surface area contributed by atoms with E-state index in [1.807, 2.05) is 4.90 Å². The van der Waals surface area contributed by atoms with Gasteiger partial charge in [0.25, 0.3) is 5.91 Å². The number of amides is 1. The zero-order valence-electron chi connectivity index (χ0n) is 11.9. The van der Waals surface area contributed by atoms with Gasteiger partial charge in [-0.2, -0.15) is 0 Å². The number of halogens is 1. The van der Waals surface area contributed by atoms with Crippen LogP contribution in [0.5, 0.6) is 5.75 Å². The van der Waals surface area contributed by atoms with Gasteiger partial charge < -0.3 is 20.3 Å². The van der Waals surface area contributed by atoms with Gasteiger partial charge in [0, 0.05) is 25.7 Å². The van der Waals surface area contributed by atoms with Gasteiger partial charge in [0.2, 0.25) is 0 Å². The van der Waals surface area contributed by atoms with Crippen molar-refractivity contribution in [2.75, 3.05) is 46.1 Å². The fourth-order valence-corrected chi connectivity index (χ4v) is 2.49. The second kappa shape index (κ2) is 6.33. The maximum Gasteiger partial charge on any atom is 0.257 e. The first kappa shape index (κ1) is 14.9. The Labute approximate surface area is 124 Å². The van der Waals surface area contributed by atoms with Crippen LogP contribution >= 0.6 is 11.6 Å². The molecule has 0 radical (unpaired) electrons. The molecule has 0 bridgehead atoms. The lowest BCUT2D eigenvalue weighted by Crippen LogP contribution is -2.34. The molecule has 20 heavy (non-hydrogen) atoms. The molecule has 1 fully saturated rings. The van der Waals surface area contributed by atoms with Gasteiger partial charge in [0.15, 0.2) is 0 Å². The number of nitrogen functional groups attached to an aromatic ring is 1.